The van der Waals surface area contributed by atoms with Crippen molar-refractivity contribution >= 4 is 5.91 Å². The van der Waals surface area contributed by atoms with Gasteiger partial charge >= 0.3 is 0 Å². The Morgan fingerprint density at radius 3 is 1.71 bits per heavy atom. The lowest BCUT2D eigenvalue weighted by atomic mass is 10.0. The Labute approximate surface area is 215 Å². The molecule has 3 atom stereocenters. The SMILES string of the molecule is CCCC/C=C\CCCCCCC(=O)NC(CO)C(O)C(O)CCC/C=C/CC/C=C/CCCC. The predicted molar refractivity (Wildman–Crippen MR) is 148 cm³/mol. The van der Waals surface area contributed by atoms with E-state index in [9.17, 15) is 20.1 Å². The summed E-state index contributed by atoms with van der Waals surface area (Å²) in [4.78, 5) is 12.2. The second kappa shape index (κ2) is 25.7. The van der Waals surface area contributed by atoms with Crippen molar-refractivity contribution in [3.63, 3.8) is 0 Å². The van der Waals surface area contributed by atoms with E-state index in [1.54, 1.807) is 0 Å². The third kappa shape index (κ3) is 21.6. The summed E-state index contributed by atoms with van der Waals surface area (Å²) in [5, 5.41) is 32.9. The molecule has 4 N–H and O–H groups in total. The quantitative estimate of drug-likeness (QED) is 0.0909. The Hall–Kier alpha value is -1.43. The zero-order valence-electron chi connectivity index (χ0n) is 22.7. The van der Waals surface area contributed by atoms with Crippen LogP contribution >= 0.6 is 0 Å². The molecule has 5 nitrogen and oxygen atoms in total. The fourth-order valence-corrected chi connectivity index (χ4v) is 3.85. The number of amides is 1. The third-order valence-electron chi connectivity index (χ3n) is 6.19. The van der Waals surface area contributed by atoms with Crippen molar-refractivity contribution in [3.05, 3.63) is 36.5 Å². The first kappa shape index (κ1) is 33.6. The van der Waals surface area contributed by atoms with Crippen LogP contribution in [0.1, 0.15) is 123 Å². The maximum Gasteiger partial charge on any atom is 0.220 e. The summed E-state index contributed by atoms with van der Waals surface area (Å²) in [5.74, 6) is -0.179. The topological polar surface area (TPSA) is 89.8 Å². The van der Waals surface area contributed by atoms with Gasteiger partial charge in [0.15, 0.2) is 0 Å². The van der Waals surface area contributed by atoms with E-state index >= 15 is 0 Å². The molecule has 0 aliphatic rings. The van der Waals surface area contributed by atoms with Gasteiger partial charge in [0, 0.05) is 6.42 Å². The summed E-state index contributed by atoms with van der Waals surface area (Å²) in [6.45, 7) is 4.01. The highest BCUT2D eigenvalue weighted by atomic mass is 16.3. The number of carbonyl (C=O) groups is 1. The molecule has 0 aromatic heterocycles. The van der Waals surface area contributed by atoms with Gasteiger partial charge < -0.3 is 20.6 Å². The first-order chi connectivity index (χ1) is 17.1. The molecule has 0 radical (unpaired) electrons. The fourth-order valence-electron chi connectivity index (χ4n) is 3.85. The van der Waals surface area contributed by atoms with Crippen LogP contribution in [0, 0.1) is 0 Å². The molecule has 0 rings (SSSR count). The number of unbranched alkanes of at least 4 members (excludes halogenated alkanes) is 10. The van der Waals surface area contributed by atoms with E-state index in [2.05, 4.69) is 55.6 Å². The summed E-state index contributed by atoms with van der Waals surface area (Å²) < 4.78 is 0. The van der Waals surface area contributed by atoms with E-state index in [0.29, 0.717) is 12.8 Å². The van der Waals surface area contributed by atoms with Gasteiger partial charge in [0.1, 0.15) is 6.10 Å². The monoisotopic (exact) mass is 493 g/mol. The Kier molecular flexibility index (Phi) is 24.6. The van der Waals surface area contributed by atoms with E-state index in [0.717, 1.165) is 70.6 Å². The zero-order chi connectivity index (χ0) is 26.0. The van der Waals surface area contributed by atoms with E-state index in [4.69, 9.17) is 0 Å². The fraction of sp³-hybridized carbons (Fsp3) is 0.767. The van der Waals surface area contributed by atoms with Crippen molar-refractivity contribution in [2.24, 2.45) is 0 Å². The lowest BCUT2D eigenvalue weighted by Gasteiger charge is -2.26. The number of allylic oxidation sites excluding steroid dienone is 6. The molecule has 1 amide bonds. The van der Waals surface area contributed by atoms with Gasteiger partial charge in [0.25, 0.3) is 0 Å². The van der Waals surface area contributed by atoms with Crippen LogP contribution in [0.2, 0.25) is 0 Å². The first-order valence-electron chi connectivity index (χ1n) is 14.3. The molecule has 0 saturated carbocycles. The van der Waals surface area contributed by atoms with Crippen LogP contribution in [0.4, 0.5) is 0 Å². The van der Waals surface area contributed by atoms with Crippen LogP contribution < -0.4 is 5.32 Å². The summed E-state index contributed by atoms with van der Waals surface area (Å²) in [7, 11) is 0. The molecule has 0 heterocycles. The van der Waals surface area contributed by atoms with Gasteiger partial charge in [-0.3, -0.25) is 4.79 Å². The number of aliphatic hydroxyl groups excluding tert-OH is 3. The Morgan fingerprint density at radius 2 is 1.17 bits per heavy atom. The predicted octanol–water partition coefficient (Wildman–Crippen LogP) is 6.53. The summed E-state index contributed by atoms with van der Waals surface area (Å²) in [5.41, 5.74) is 0. The van der Waals surface area contributed by atoms with Gasteiger partial charge in [-0.1, -0.05) is 88.8 Å². The van der Waals surface area contributed by atoms with Crippen molar-refractivity contribution in [1.29, 1.82) is 0 Å². The van der Waals surface area contributed by atoms with Gasteiger partial charge in [-0.15, -0.1) is 0 Å². The average Bonchev–Trinajstić information content (AvgIpc) is 2.86. The van der Waals surface area contributed by atoms with Crippen molar-refractivity contribution in [1.82, 2.24) is 5.32 Å². The summed E-state index contributed by atoms with van der Waals surface area (Å²) in [6.07, 6.45) is 28.0. The summed E-state index contributed by atoms with van der Waals surface area (Å²) >= 11 is 0. The van der Waals surface area contributed by atoms with E-state index < -0.39 is 18.2 Å². The smallest absolute Gasteiger partial charge is 0.220 e. The standard InChI is InChI=1S/C30H55NO4/c1-3-5-7-9-11-13-15-16-18-20-22-24-28(33)30(35)27(26-32)31-29(34)25-23-21-19-17-14-12-10-8-6-4-2/h9-12,16,18,27-28,30,32-33,35H,3-8,13-15,17,19-26H2,1-2H3,(H,31,34)/b11-9+,12-10-,18-16+. The lowest BCUT2D eigenvalue weighted by molar-refractivity contribution is -0.124. The van der Waals surface area contributed by atoms with Crippen molar-refractivity contribution in [3.8, 4) is 0 Å². The van der Waals surface area contributed by atoms with E-state index in [-0.39, 0.29) is 12.5 Å². The molecule has 0 spiro atoms. The molecule has 0 aliphatic carbocycles. The maximum atomic E-state index is 12.2. The molecule has 0 aliphatic heterocycles. The first-order valence-corrected chi connectivity index (χ1v) is 14.3. The van der Waals surface area contributed by atoms with Gasteiger partial charge in [-0.2, -0.15) is 0 Å². The minimum Gasteiger partial charge on any atom is -0.394 e. The van der Waals surface area contributed by atoms with Gasteiger partial charge in [0.05, 0.1) is 18.8 Å². The van der Waals surface area contributed by atoms with Crippen molar-refractivity contribution < 1.29 is 20.1 Å². The highest BCUT2D eigenvalue weighted by Gasteiger charge is 2.26. The van der Waals surface area contributed by atoms with Crippen LogP contribution in [0.25, 0.3) is 0 Å². The molecule has 3 unspecified atom stereocenters. The van der Waals surface area contributed by atoms with Crippen LogP contribution in [0.3, 0.4) is 0 Å². The lowest BCUT2D eigenvalue weighted by Crippen LogP contribution is -2.50. The van der Waals surface area contributed by atoms with Crippen molar-refractivity contribution in [2.45, 2.75) is 141 Å². The normalized spacial score (nSPS) is 14.8. The third-order valence-corrected chi connectivity index (χ3v) is 6.19. The Bertz CT molecular complexity index is 559. The number of hydrogen-bond donors (Lipinski definition) is 4. The van der Waals surface area contributed by atoms with Gasteiger partial charge in [0.2, 0.25) is 5.91 Å². The molecule has 0 saturated heterocycles. The molecule has 204 valence electrons. The summed E-state index contributed by atoms with van der Waals surface area (Å²) in [6, 6.07) is -0.833. The van der Waals surface area contributed by atoms with Crippen LogP contribution in [-0.4, -0.2) is 46.1 Å². The Balaban J connectivity index is 3.92. The van der Waals surface area contributed by atoms with Crippen molar-refractivity contribution in [2.75, 3.05) is 6.61 Å². The Morgan fingerprint density at radius 1 is 0.686 bits per heavy atom. The molecule has 0 fully saturated rings. The average molecular weight is 494 g/mol. The maximum absolute atomic E-state index is 12.2. The number of aliphatic hydroxyl groups is 3. The van der Waals surface area contributed by atoms with Crippen LogP contribution in [0.15, 0.2) is 36.5 Å². The number of nitrogens with one attached hydrogen (secondary N) is 1. The minimum atomic E-state index is -1.17. The number of hydrogen-bond acceptors (Lipinski definition) is 4. The largest absolute Gasteiger partial charge is 0.394 e. The molecule has 0 aromatic rings. The second-order valence-corrected chi connectivity index (χ2v) is 9.57. The molecule has 0 aromatic carbocycles. The number of carbonyl (C=O) groups excluding carboxylic acids is 1. The van der Waals surface area contributed by atoms with E-state index in [1.165, 1.54) is 25.7 Å². The van der Waals surface area contributed by atoms with Gasteiger partial charge in [-0.05, 0) is 64.2 Å². The van der Waals surface area contributed by atoms with E-state index in [1.807, 2.05) is 0 Å². The van der Waals surface area contributed by atoms with Crippen LogP contribution in [-0.2, 0) is 4.79 Å². The molecular weight excluding hydrogens is 438 g/mol. The number of rotatable bonds is 24. The molecule has 5 heteroatoms. The highest BCUT2D eigenvalue weighted by Crippen LogP contribution is 2.11. The second-order valence-electron chi connectivity index (χ2n) is 9.57. The zero-order valence-corrected chi connectivity index (χ0v) is 22.7. The highest BCUT2D eigenvalue weighted by molar-refractivity contribution is 5.76. The minimum absolute atomic E-state index is 0.179. The molecule has 0 bridgehead atoms. The molecular formula is C30H55NO4. The van der Waals surface area contributed by atoms with Crippen LogP contribution in [0.5, 0.6) is 0 Å². The van der Waals surface area contributed by atoms with Gasteiger partial charge in [-0.25, -0.2) is 0 Å². The molecule has 35 heavy (non-hydrogen) atoms.